The average Bonchev–Trinajstić information content (AvgIpc) is 2.89. The third kappa shape index (κ3) is 4.10. The number of amides is 1. The van der Waals surface area contributed by atoms with Crippen LogP contribution in [-0.2, 0) is 17.6 Å². The van der Waals surface area contributed by atoms with E-state index in [-0.39, 0.29) is 35.5 Å². The summed E-state index contributed by atoms with van der Waals surface area (Å²) in [7, 11) is 0. The van der Waals surface area contributed by atoms with Crippen LogP contribution >= 0.6 is 11.3 Å². The molecule has 7 heteroatoms. The number of aromatic nitrogens is 1. The van der Waals surface area contributed by atoms with Crippen molar-refractivity contribution in [1.29, 1.82) is 0 Å². The van der Waals surface area contributed by atoms with Gasteiger partial charge in [-0.2, -0.15) is 0 Å². The quantitative estimate of drug-likeness (QED) is 0.887. The van der Waals surface area contributed by atoms with Crippen LogP contribution in [0.4, 0.5) is 13.9 Å². The lowest BCUT2D eigenvalue weighted by molar-refractivity contribution is -0.116. The fourth-order valence-electron chi connectivity index (χ4n) is 2.94. The molecule has 0 saturated carbocycles. The molecule has 1 aliphatic carbocycles. The number of nitrogens with one attached hydrogen (secondary N) is 1. The van der Waals surface area contributed by atoms with E-state index < -0.39 is 11.6 Å². The molecule has 1 aromatic heterocycles. The van der Waals surface area contributed by atoms with E-state index in [0.717, 1.165) is 23.9 Å². The number of carbonyl (C=O) groups excluding carboxylic acids is 2. The Morgan fingerprint density at radius 1 is 1.32 bits per heavy atom. The van der Waals surface area contributed by atoms with E-state index >= 15 is 0 Å². The van der Waals surface area contributed by atoms with E-state index in [2.05, 4.69) is 10.3 Å². The zero-order valence-corrected chi connectivity index (χ0v) is 14.8. The van der Waals surface area contributed by atoms with Gasteiger partial charge in [0.05, 0.1) is 10.6 Å². The van der Waals surface area contributed by atoms with E-state index in [4.69, 9.17) is 0 Å². The van der Waals surface area contributed by atoms with Crippen LogP contribution in [0.2, 0.25) is 0 Å². The summed E-state index contributed by atoms with van der Waals surface area (Å²) in [6.07, 6.45) is 1.25. The fourth-order valence-corrected chi connectivity index (χ4v) is 3.87. The second-order valence-corrected chi connectivity index (χ2v) is 8.02. The van der Waals surface area contributed by atoms with Gasteiger partial charge in [-0.05, 0) is 42.0 Å². The van der Waals surface area contributed by atoms with Gasteiger partial charge in [0.25, 0.3) is 0 Å². The Bertz CT molecular complexity index is 846. The van der Waals surface area contributed by atoms with Gasteiger partial charge < -0.3 is 5.32 Å². The average molecular weight is 364 g/mol. The molecule has 1 heterocycles. The number of ketones is 1. The van der Waals surface area contributed by atoms with Crippen molar-refractivity contribution in [1.82, 2.24) is 4.98 Å². The summed E-state index contributed by atoms with van der Waals surface area (Å²) >= 11 is 1.17. The predicted octanol–water partition coefficient (Wildman–Crippen LogP) is 4.15. The lowest BCUT2D eigenvalue weighted by Gasteiger charge is -2.26. The fraction of sp³-hybridized carbons (Fsp3) is 0.389. The first-order valence-corrected chi connectivity index (χ1v) is 8.82. The number of benzene rings is 1. The monoisotopic (exact) mass is 364 g/mol. The molecule has 0 atom stereocenters. The first kappa shape index (κ1) is 17.7. The van der Waals surface area contributed by atoms with Crippen LogP contribution in [0.5, 0.6) is 0 Å². The highest BCUT2D eigenvalue weighted by molar-refractivity contribution is 7.17. The highest BCUT2D eigenvalue weighted by atomic mass is 32.1. The Hall–Kier alpha value is -2.15. The van der Waals surface area contributed by atoms with Gasteiger partial charge in [0.15, 0.2) is 10.9 Å². The molecular weight excluding hydrogens is 346 g/mol. The highest BCUT2D eigenvalue weighted by Gasteiger charge is 2.34. The van der Waals surface area contributed by atoms with Gasteiger partial charge in [-0.1, -0.05) is 25.2 Å². The molecule has 1 amide bonds. The summed E-state index contributed by atoms with van der Waals surface area (Å²) in [5.74, 6) is -1.37. The molecule has 25 heavy (non-hydrogen) atoms. The van der Waals surface area contributed by atoms with Crippen molar-refractivity contribution in [2.24, 2.45) is 5.41 Å². The maximum absolute atomic E-state index is 13.6. The third-order valence-corrected chi connectivity index (χ3v) is 5.17. The van der Waals surface area contributed by atoms with Crippen LogP contribution in [0.15, 0.2) is 18.2 Å². The number of halogens is 2. The number of hydrogen-bond donors (Lipinski definition) is 1. The molecule has 132 valence electrons. The van der Waals surface area contributed by atoms with Crippen molar-refractivity contribution >= 4 is 28.2 Å². The number of hydrogen-bond acceptors (Lipinski definition) is 4. The molecular formula is C18H18F2N2O2S. The first-order chi connectivity index (χ1) is 11.7. The SMILES string of the molecule is CC1(C)CC(=O)c2sc(NC(=O)CCc3cc(F)ccc3F)nc2C1. The first-order valence-electron chi connectivity index (χ1n) is 8.00. The minimum Gasteiger partial charge on any atom is -0.302 e. The van der Waals surface area contributed by atoms with Crippen LogP contribution in [0.3, 0.4) is 0 Å². The van der Waals surface area contributed by atoms with Crippen molar-refractivity contribution in [2.45, 2.75) is 39.5 Å². The normalized spacial score (nSPS) is 15.8. The van der Waals surface area contributed by atoms with Crippen molar-refractivity contribution in [3.05, 3.63) is 46.0 Å². The molecule has 1 aromatic carbocycles. The second kappa shape index (κ2) is 6.63. The molecule has 0 spiro atoms. The maximum Gasteiger partial charge on any atom is 0.226 e. The summed E-state index contributed by atoms with van der Waals surface area (Å²) < 4.78 is 26.7. The summed E-state index contributed by atoms with van der Waals surface area (Å²) in [6, 6.07) is 3.17. The number of fused-ring (bicyclic) bond motifs is 1. The van der Waals surface area contributed by atoms with Gasteiger partial charge in [0, 0.05) is 12.8 Å². The summed E-state index contributed by atoms with van der Waals surface area (Å²) in [6.45, 7) is 4.03. The number of thiazole rings is 1. The highest BCUT2D eigenvalue weighted by Crippen LogP contribution is 2.38. The molecule has 0 radical (unpaired) electrons. The third-order valence-electron chi connectivity index (χ3n) is 4.11. The standard InChI is InChI=1S/C18H18F2N2O2S/c1-18(2)8-13-16(14(23)9-18)25-17(21-13)22-15(24)6-3-10-7-11(19)4-5-12(10)20/h4-5,7H,3,6,8-9H2,1-2H3,(H,21,22,24). The number of anilines is 1. The number of rotatable bonds is 4. The zero-order chi connectivity index (χ0) is 18.2. The Morgan fingerprint density at radius 3 is 2.84 bits per heavy atom. The van der Waals surface area contributed by atoms with Gasteiger partial charge in [-0.15, -0.1) is 0 Å². The molecule has 1 N–H and O–H groups in total. The van der Waals surface area contributed by atoms with Crippen molar-refractivity contribution in [2.75, 3.05) is 5.32 Å². The van der Waals surface area contributed by atoms with Crippen molar-refractivity contribution in [3.8, 4) is 0 Å². The molecule has 0 aliphatic heterocycles. The van der Waals surface area contributed by atoms with Gasteiger partial charge in [0.1, 0.15) is 11.6 Å². The molecule has 2 aromatic rings. The number of aryl methyl sites for hydroxylation is 1. The topological polar surface area (TPSA) is 59.1 Å². The van der Waals surface area contributed by atoms with Crippen LogP contribution in [-0.4, -0.2) is 16.7 Å². The Balaban J connectivity index is 1.64. The van der Waals surface area contributed by atoms with Gasteiger partial charge in [-0.25, -0.2) is 13.8 Å². The molecule has 3 rings (SSSR count). The Kier molecular flexibility index (Phi) is 4.69. The Labute approximate surface area is 148 Å². The van der Waals surface area contributed by atoms with Gasteiger partial charge in [0.2, 0.25) is 5.91 Å². The molecule has 0 bridgehead atoms. The lowest BCUT2D eigenvalue weighted by Crippen LogP contribution is -2.26. The van der Waals surface area contributed by atoms with Gasteiger partial charge in [-0.3, -0.25) is 9.59 Å². The van der Waals surface area contributed by atoms with Crippen LogP contribution < -0.4 is 5.32 Å². The van der Waals surface area contributed by atoms with Crippen LogP contribution in [0.1, 0.15) is 47.6 Å². The van der Waals surface area contributed by atoms with Crippen LogP contribution in [0.25, 0.3) is 0 Å². The van der Waals surface area contributed by atoms with E-state index in [0.29, 0.717) is 22.9 Å². The van der Waals surface area contributed by atoms with Crippen molar-refractivity contribution < 1.29 is 18.4 Å². The zero-order valence-electron chi connectivity index (χ0n) is 14.0. The molecule has 1 aliphatic rings. The van der Waals surface area contributed by atoms with Crippen molar-refractivity contribution in [3.63, 3.8) is 0 Å². The van der Waals surface area contributed by atoms with E-state index in [1.54, 1.807) is 0 Å². The number of carbonyl (C=O) groups is 2. The molecule has 0 saturated heterocycles. The van der Waals surface area contributed by atoms with Crippen LogP contribution in [0, 0.1) is 17.0 Å². The largest absolute Gasteiger partial charge is 0.302 e. The summed E-state index contributed by atoms with van der Waals surface area (Å²) in [4.78, 5) is 29.2. The minimum atomic E-state index is -0.537. The molecule has 0 fully saturated rings. The minimum absolute atomic E-state index is 0.00403. The van der Waals surface area contributed by atoms with E-state index in [9.17, 15) is 18.4 Å². The number of nitrogens with zero attached hydrogens (tertiary/aromatic N) is 1. The van der Waals surface area contributed by atoms with Gasteiger partial charge >= 0.3 is 0 Å². The molecule has 4 nitrogen and oxygen atoms in total. The van der Waals surface area contributed by atoms with E-state index in [1.807, 2.05) is 13.8 Å². The lowest BCUT2D eigenvalue weighted by atomic mass is 9.78. The number of Topliss-reactive ketones (excluding diaryl/α,β-unsaturated/α-hetero) is 1. The summed E-state index contributed by atoms with van der Waals surface area (Å²) in [5.41, 5.74) is 0.747. The summed E-state index contributed by atoms with van der Waals surface area (Å²) in [5, 5.41) is 3.03. The smallest absolute Gasteiger partial charge is 0.226 e. The predicted molar refractivity (Wildman–Crippen MR) is 91.9 cm³/mol. The molecule has 0 unspecified atom stereocenters. The van der Waals surface area contributed by atoms with E-state index in [1.165, 1.54) is 11.3 Å². The maximum atomic E-state index is 13.6. The second-order valence-electron chi connectivity index (χ2n) is 7.02. The Morgan fingerprint density at radius 2 is 2.08 bits per heavy atom.